The molecule has 0 aliphatic carbocycles. The van der Waals surface area contributed by atoms with Crippen LogP contribution in [0.3, 0.4) is 0 Å². The van der Waals surface area contributed by atoms with Crippen LogP contribution >= 0.6 is 23.2 Å². The van der Waals surface area contributed by atoms with Crippen molar-refractivity contribution in [3.63, 3.8) is 0 Å². The number of rotatable bonds is 6. The molecule has 3 aromatic rings. The summed E-state index contributed by atoms with van der Waals surface area (Å²) in [5, 5.41) is 24.6. The molecule has 142 valence electrons. The number of nitro benzene ring substituents is 1. The Morgan fingerprint density at radius 2 is 1.57 bits per heavy atom. The first-order valence-electron chi connectivity index (χ1n) is 8.15. The Labute approximate surface area is 170 Å². The molecule has 0 aliphatic heterocycles. The molecule has 0 saturated carbocycles. The highest BCUT2D eigenvalue weighted by molar-refractivity contribution is 6.39. The molecule has 6 nitrogen and oxygen atoms in total. The Balaban J connectivity index is 2.05. The van der Waals surface area contributed by atoms with E-state index < -0.39 is 16.8 Å². The lowest BCUT2D eigenvalue weighted by atomic mass is 9.90. The molecule has 3 rings (SSSR count). The number of carboxylic acid groups (broad SMARTS) is 1. The fourth-order valence-electron chi connectivity index (χ4n) is 2.86. The van der Waals surface area contributed by atoms with Crippen LogP contribution in [0.25, 0.3) is 0 Å². The van der Waals surface area contributed by atoms with E-state index in [1.807, 2.05) is 0 Å². The molecule has 3 aromatic carbocycles. The van der Waals surface area contributed by atoms with Crippen molar-refractivity contribution in [1.82, 2.24) is 0 Å². The van der Waals surface area contributed by atoms with Gasteiger partial charge in [-0.1, -0.05) is 59.6 Å². The molecule has 1 atom stereocenters. The molecule has 0 bridgehead atoms. The van der Waals surface area contributed by atoms with Crippen LogP contribution in [0, 0.1) is 10.1 Å². The van der Waals surface area contributed by atoms with Gasteiger partial charge in [0.1, 0.15) is 5.92 Å². The first-order valence-corrected chi connectivity index (χ1v) is 8.91. The van der Waals surface area contributed by atoms with E-state index in [4.69, 9.17) is 23.2 Å². The fourth-order valence-corrected chi connectivity index (χ4v) is 3.35. The summed E-state index contributed by atoms with van der Waals surface area (Å²) in [5.74, 6) is -2.13. The van der Waals surface area contributed by atoms with Crippen molar-refractivity contribution >= 4 is 46.2 Å². The summed E-state index contributed by atoms with van der Waals surface area (Å²) in [6, 6.07) is 17.4. The highest BCUT2D eigenvalue weighted by Crippen LogP contribution is 2.37. The van der Waals surface area contributed by atoms with Crippen LogP contribution in [0.4, 0.5) is 17.1 Å². The standard InChI is InChI=1S/C20H14Cl2N2O4/c21-15-5-3-6-16(22)19(15)23-17-7-2-1-4-14(17)18(20(25)26)12-8-10-13(11-9-12)24(27)28/h1-11,18,23H,(H,25,26). The lowest BCUT2D eigenvalue weighted by molar-refractivity contribution is -0.384. The lowest BCUT2D eigenvalue weighted by Gasteiger charge is -2.19. The molecule has 0 fully saturated rings. The normalized spacial score (nSPS) is 11.6. The maximum atomic E-state index is 12.0. The zero-order valence-electron chi connectivity index (χ0n) is 14.3. The molecule has 0 aliphatic rings. The van der Waals surface area contributed by atoms with Crippen molar-refractivity contribution < 1.29 is 14.8 Å². The molecule has 0 saturated heterocycles. The third-order valence-electron chi connectivity index (χ3n) is 4.18. The van der Waals surface area contributed by atoms with Gasteiger partial charge in [-0.3, -0.25) is 14.9 Å². The number of hydrogen-bond donors (Lipinski definition) is 2. The van der Waals surface area contributed by atoms with Crippen LogP contribution < -0.4 is 5.32 Å². The van der Waals surface area contributed by atoms with Crippen molar-refractivity contribution in [3.8, 4) is 0 Å². The largest absolute Gasteiger partial charge is 0.481 e. The second-order valence-electron chi connectivity index (χ2n) is 5.93. The number of halogens is 2. The van der Waals surface area contributed by atoms with Gasteiger partial charge in [0.05, 0.1) is 20.7 Å². The van der Waals surface area contributed by atoms with Crippen LogP contribution in [0.5, 0.6) is 0 Å². The SMILES string of the molecule is O=C(O)C(c1ccc([N+](=O)[O-])cc1)c1ccccc1Nc1c(Cl)cccc1Cl. The molecule has 2 N–H and O–H groups in total. The van der Waals surface area contributed by atoms with Crippen LogP contribution in [0.1, 0.15) is 17.0 Å². The number of nitrogens with one attached hydrogen (secondary N) is 1. The number of non-ortho nitro benzene ring substituents is 1. The number of hydrogen-bond acceptors (Lipinski definition) is 4. The van der Waals surface area contributed by atoms with Gasteiger partial charge < -0.3 is 10.4 Å². The number of benzene rings is 3. The third-order valence-corrected chi connectivity index (χ3v) is 4.81. The summed E-state index contributed by atoms with van der Waals surface area (Å²) in [6.07, 6.45) is 0. The Morgan fingerprint density at radius 3 is 2.14 bits per heavy atom. The van der Waals surface area contributed by atoms with Gasteiger partial charge in [0.25, 0.3) is 5.69 Å². The van der Waals surface area contributed by atoms with E-state index in [2.05, 4.69) is 5.32 Å². The quantitative estimate of drug-likeness (QED) is 0.387. The Hall–Kier alpha value is -3.09. The van der Waals surface area contributed by atoms with Crippen LogP contribution in [-0.2, 0) is 4.79 Å². The Kier molecular flexibility index (Phi) is 5.82. The van der Waals surface area contributed by atoms with E-state index in [-0.39, 0.29) is 5.69 Å². The van der Waals surface area contributed by atoms with Crippen molar-refractivity contribution in [3.05, 3.63) is 98.0 Å². The van der Waals surface area contributed by atoms with Crippen LogP contribution in [0.15, 0.2) is 66.7 Å². The molecule has 0 spiro atoms. The number of aliphatic carboxylic acids is 1. The topological polar surface area (TPSA) is 92.5 Å². The number of anilines is 2. The molecular formula is C20H14Cl2N2O4. The summed E-state index contributed by atoms with van der Waals surface area (Å²) in [7, 11) is 0. The molecule has 1 unspecified atom stereocenters. The predicted molar refractivity (Wildman–Crippen MR) is 109 cm³/mol. The van der Waals surface area contributed by atoms with E-state index in [9.17, 15) is 20.0 Å². The number of carbonyl (C=O) groups is 1. The zero-order chi connectivity index (χ0) is 20.3. The second-order valence-corrected chi connectivity index (χ2v) is 6.74. The minimum Gasteiger partial charge on any atom is -0.481 e. The van der Waals surface area contributed by atoms with Gasteiger partial charge in [0.15, 0.2) is 0 Å². The number of para-hydroxylation sites is 2. The zero-order valence-corrected chi connectivity index (χ0v) is 15.8. The molecule has 8 heteroatoms. The predicted octanol–water partition coefficient (Wildman–Crippen LogP) is 5.86. The smallest absolute Gasteiger partial charge is 0.315 e. The first kappa shape index (κ1) is 19.7. The summed E-state index contributed by atoms with van der Waals surface area (Å²) in [4.78, 5) is 22.4. The van der Waals surface area contributed by atoms with Crippen LogP contribution in [-0.4, -0.2) is 16.0 Å². The van der Waals surface area contributed by atoms with E-state index in [1.165, 1.54) is 24.3 Å². The van der Waals surface area contributed by atoms with Crippen molar-refractivity contribution in [2.75, 3.05) is 5.32 Å². The van der Waals surface area contributed by atoms with Gasteiger partial charge in [-0.15, -0.1) is 0 Å². The van der Waals surface area contributed by atoms with E-state index >= 15 is 0 Å². The van der Waals surface area contributed by atoms with Gasteiger partial charge in [0.2, 0.25) is 0 Å². The lowest BCUT2D eigenvalue weighted by Crippen LogP contribution is -2.15. The maximum absolute atomic E-state index is 12.0. The highest BCUT2D eigenvalue weighted by atomic mass is 35.5. The molecule has 0 radical (unpaired) electrons. The summed E-state index contributed by atoms with van der Waals surface area (Å²) < 4.78 is 0. The third kappa shape index (κ3) is 4.08. The maximum Gasteiger partial charge on any atom is 0.315 e. The van der Waals surface area contributed by atoms with Gasteiger partial charge >= 0.3 is 5.97 Å². The van der Waals surface area contributed by atoms with Gasteiger partial charge in [-0.2, -0.15) is 0 Å². The second kappa shape index (κ2) is 8.29. The van der Waals surface area contributed by atoms with Crippen molar-refractivity contribution in [2.45, 2.75) is 5.92 Å². The monoisotopic (exact) mass is 416 g/mol. The summed E-state index contributed by atoms with van der Waals surface area (Å²) >= 11 is 12.4. The average molecular weight is 417 g/mol. The van der Waals surface area contributed by atoms with Crippen LogP contribution in [0.2, 0.25) is 10.0 Å². The van der Waals surface area contributed by atoms with Crippen molar-refractivity contribution in [2.24, 2.45) is 0 Å². The number of nitro groups is 1. The van der Waals surface area contributed by atoms with E-state index in [0.717, 1.165) is 0 Å². The van der Waals surface area contributed by atoms with Crippen molar-refractivity contribution in [1.29, 1.82) is 0 Å². The molecular weight excluding hydrogens is 403 g/mol. The first-order chi connectivity index (χ1) is 13.4. The molecule has 0 heterocycles. The average Bonchev–Trinajstić information content (AvgIpc) is 2.66. The Morgan fingerprint density at radius 1 is 0.964 bits per heavy atom. The van der Waals surface area contributed by atoms with E-state index in [0.29, 0.717) is 32.5 Å². The molecule has 0 amide bonds. The number of carboxylic acids is 1. The van der Waals surface area contributed by atoms with E-state index in [1.54, 1.807) is 42.5 Å². The van der Waals surface area contributed by atoms with Gasteiger partial charge in [0, 0.05) is 17.8 Å². The minimum absolute atomic E-state index is 0.109. The fraction of sp³-hybridized carbons (Fsp3) is 0.0500. The number of nitrogens with zero attached hydrogens (tertiary/aromatic N) is 1. The Bertz CT molecular complexity index is 1020. The highest BCUT2D eigenvalue weighted by Gasteiger charge is 2.25. The summed E-state index contributed by atoms with van der Waals surface area (Å²) in [6.45, 7) is 0. The minimum atomic E-state index is -1.09. The molecule has 0 aromatic heterocycles. The molecule has 28 heavy (non-hydrogen) atoms. The summed E-state index contributed by atoms with van der Waals surface area (Å²) in [5.41, 5.74) is 1.76. The van der Waals surface area contributed by atoms with Gasteiger partial charge in [-0.05, 0) is 29.3 Å². The van der Waals surface area contributed by atoms with Gasteiger partial charge in [-0.25, -0.2) is 0 Å².